The molecule has 0 atom stereocenters. The fraction of sp³-hybridized carbons (Fsp3) is 0.533. The van der Waals surface area contributed by atoms with Gasteiger partial charge in [-0.1, -0.05) is 12.2 Å². The van der Waals surface area contributed by atoms with Gasteiger partial charge in [0, 0.05) is 31.9 Å². The number of rotatable bonds is 5. The van der Waals surface area contributed by atoms with Crippen LogP contribution in [0.2, 0.25) is 0 Å². The van der Waals surface area contributed by atoms with Crippen LogP contribution in [0.25, 0.3) is 0 Å². The molecule has 0 bridgehead atoms. The van der Waals surface area contributed by atoms with E-state index in [1.807, 2.05) is 7.05 Å². The van der Waals surface area contributed by atoms with Gasteiger partial charge in [-0.05, 0) is 49.6 Å². The molecule has 1 heterocycles. The fourth-order valence-electron chi connectivity index (χ4n) is 2.66. The van der Waals surface area contributed by atoms with Crippen LogP contribution in [0.5, 0.6) is 0 Å². The number of hydrogen-bond acceptors (Lipinski definition) is 3. The van der Waals surface area contributed by atoms with Crippen molar-refractivity contribution in [3.63, 3.8) is 0 Å². The molecular weight excluding hydrogens is 275 g/mol. The van der Waals surface area contributed by atoms with Gasteiger partial charge in [-0.25, -0.2) is 4.39 Å². The summed E-state index contributed by atoms with van der Waals surface area (Å²) in [7, 11) is 2.05. The molecule has 110 valence electrons. The maximum Gasteiger partial charge on any atom is 0.123 e. The van der Waals surface area contributed by atoms with Crippen LogP contribution in [0.3, 0.4) is 0 Å². The van der Waals surface area contributed by atoms with E-state index in [0.29, 0.717) is 17.5 Å². The summed E-state index contributed by atoms with van der Waals surface area (Å²) in [4.78, 5) is 2.52. The summed E-state index contributed by atoms with van der Waals surface area (Å²) in [6.45, 7) is 3.33. The first-order valence-electron chi connectivity index (χ1n) is 6.91. The predicted molar refractivity (Wildman–Crippen MR) is 82.2 cm³/mol. The van der Waals surface area contributed by atoms with E-state index in [-0.39, 0.29) is 5.82 Å². The zero-order chi connectivity index (χ0) is 14.5. The molecule has 0 aliphatic carbocycles. The zero-order valence-electron chi connectivity index (χ0n) is 11.8. The van der Waals surface area contributed by atoms with Crippen molar-refractivity contribution in [2.24, 2.45) is 11.7 Å². The Balaban J connectivity index is 2.00. The summed E-state index contributed by atoms with van der Waals surface area (Å²) < 4.78 is 18.8. The molecule has 2 rings (SSSR count). The highest BCUT2D eigenvalue weighted by molar-refractivity contribution is 7.80. The minimum Gasteiger partial charge on any atom is -0.389 e. The third kappa shape index (κ3) is 4.23. The van der Waals surface area contributed by atoms with Crippen molar-refractivity contribution in [3.05, 3.63) is 35.1 Å². The van der Waals surface area contributed by atoms with Gasteiger partial charge in [-0.2, -0.15) is 0 Å². The zero-order valence-corrected chi connectivity index (χ0v) is 12.6. The topological polar surface area (TPSA) is 38.5 Å². The van der Waals surface area contributed by atoms with E-state index in [2.05, 4.69) is 4.90 Å². The van der Waals surface area contributed by atoms with E-state index in [0.717, 1.165) is 43.7 Å². The Labute approximate surface area is 124 Å². The van der Waals surface area contributed by atoms with Crippen molar-refractivity contribution in [2.45, 2.75) is 19.4 Å². The molecule has 1 aromatic carbocycles. The molecule has 1 aliphatic rings. The number of benzene rings is 1. The second-order valence-electron chi connectivity index (χ2n) is 5.42. The van der Waals surface area contributed by atoms with Crippen molar-refractivity contribution >= 4 is 17.2 Å². The van der Waals surface area contributed by atoms with Crippen molar-refractivity contribution in [1.29, 1.82) is 0 Å². The van der Waals surface area contributed by atoms with Crippen LogP contribution in [0.4, 0.5) is 4.39 Å². The Bertz CT molecular complexity index is 475. The molecule has 0 amide bonds. The van der Waals surface area contributed by atoms with Crippen molar-refractivity contribution in [3.8, 4) is 0 Å². The van der Waals surface area contributed by atoms with E-state index in [1.54, 1.807) is 6.07 Å². The second-order valence-corrected chi connectivity index (χ2v) is 5.86. The third-order valence-electron chi connectivity index (χ3n) is 3.68. The Hall–Kier alpha value is -1.04. The number of ether oxygens (including phenoxy) is 1. The van der Waals surface area contributed by atoms with Crippen molar-refractivity contribution in [1.82, 2.24) is 4.90 Å². The van der Waals surface area contributed by atoms with Crippen LogP contribution in [-0.2, 0) is 11.3 Å². The molecule has 1 aliphatic heterocycles. The normalized spacial score (nSPS) is 16.6. The quantitative estimate of drug-likeness (QED) is 0.846. The van der Waals surface area contributed by atoms with Gasteiger partial charge < -0.3 is 15.4 Å². The first-order chi connectivity index (χ1) is 9.56. The van der Waals surface area contributed by atoms with E-state index in [9.17, 15) is 4.39 Å². The minimum absolute atomic E-state index is 0.250. The lowest BCUT2D eigenvalue weighted by atomic mass is 9.99. The van der Waals surface area contributed by atoms with E-state index in [4.69, 9.17) is 22.7 Å². The molecule has 20 heavy (non-hydrogen) atoms. The van der Waals surface area contributed by atoms with Crippen molar-refractivity contribution < 1.29 is 9.13 Å². The minimum atomic E-state index is -0.250. The first kappa shape index (κ1) is 15.4. The van der Waals surface area contributed by atoms with Crippen LogP contribution in [0.15, 0.2) is 18.2 Å². The number of nitrogens with zero attached hydrogens (tertiary/aromatic N) is 1. The van der Waals surface area contributed by atoms with Gasteiger partial charge in [0.2, 0.25) is 0 Å². The van der Waals surface area contributed by atoms with Crippen LogP contribution in [0.1, 0.15) is 24.0 Å². The summed E-state index contributed by atoms with van der Waals surface area (Å²) in [5.74, 6) is 0.398. The van der Waals surface area contributed by atoms with Crippen LogP contribution in [0, 0.1) is 11.7 Å². The van der Waals surface area contributed by atoms with Gasteiger partial charge in [0.15, 0.2) is 0 Å². The molecular formula is C15H21FN2OS. The number of halogens is 1. The highest BCUT2D eigenvalue weighted by Gasteiger charge is 2.17. The lowest BCUT2D eigenvalue weighted by Gasteiger charge is -2.27. The molecule has 3 nitrogen and oxygen atoms in total. The molecule has 1 saturated heterocycles. The summed E-state index contributed by atoms with van der Waals surface area (Å²) in [5, 5.41) is 0. The lowest BCUT2D eigenvalue weighted by molar-refractivity contribution is 0.0549. The first-order valence-corrected chi connectivity index (χ1v) is 7.31. The highest BCUT2D eigenvalue weighted by Crippen LogP contribution is 2.18. The molecule has 2 N–H and O–H groups in total. The van der Waals surface area contributed by atoms with Gasteiger partial charge >= 0.3 is 0 Å². The maximum absolute atomic E-state index is 13.4. The fourth-order valence-corrected chi connectivity index (χ4v) is 2.86. The van der Waals surface area contributed by atoms with E-state index >= 15 is 0 Å². The maximum atomic E-state index is 13.4. The Morgan fingerprint density at radius 3 is 2.80 bits per heavy atom. The second kappa shape index (κ2) is 7.11. The van der Waals surface area contributed by atoms with Gasteiger partial charge in [0.05, 0.1) is 0 Å². The molecule has 0 radical (unpaired) electrons. The average molecular weight is 296 g/mol. The summed E-state index contributed by atoms with van der Waals surface area (Å²) in [5.41, 5.74) is 7.32. The Morgan fingerprint density at radius 1 is 1.45 bits per heavy atom. The molecule has 0 spiro atoms. The van der Waals surface area contributed by atoms with Crippen molar-refractivity contribution in [2.75, 3.05) is 26.8 Å². The number of thiocarbonyl (C=S) groups is 1. The standard InChI is InChI=1S/C15H21FN2OS/c1-18(9-11-4-6-19-7-5-11)10-12-8-13(16)2-3-14(12)15(17)20/h2-3,8,11H,4-7,9-10H2,1H3,(H2,17,20). The molecule has 5 heteroatoms. The molecule has 0 unspecified atom stereocenters. The van der Waals surface area contributed by atoms with E-state index in [1.165, 1.54) is 12.1 Å². The smallest absolute Gasteiger partial charge is 0.123 e. The van der Waals surface area contributed by atoms with Crippen LogP contribution in [-0.4, -0.2) is 36.7 Å². The number of hydrogen-bond donors (Lipinski definition) is 1. The Morgan fingerprint density at radius 2 is 2.15 bits per heavy atom. The van der Waals surface area contributed by atoms with Crippen LogP contribution >= 0.6 is 12.2 Å². The monoisotopic (exact) mass is 296 g/mol. The molecule has 0 aromatic heterocycles. The average Bonchev–Trinajstić information content (AvgIpc) is 2.39. The lowest BCUT2D eigenvalue weighted by Crippen LogP contribution is -2.30. The third-order valence-corrected chi connectivity index (χ3v) is 3.90. The summed E-state index contributed by atoms with van der Waals surface area (Å²) >= 11 is 5.03. The SMILES string of the molecule is CN(Cc1cc(F)ccc1C(N)=S)CC1CCOCC1. The molecule has 1 fully saturated rings. The summed E-state index contributed by atoms with van der Waals surface area (Å²) in [6, 6.07) is 4.58. The molecule has 0 saturated carbocycles. The van der Waals surface area contributed by atoms with Gasteiger partial charge in [0.25, 0.3) is 0 Å². The highest BCUT2D eigenvalue weighted by atomic mass is 32.1. The van der Waals surface area contributed by atoms with Gasteiger partial charge in [0.1, 0.15) is 10.8 Å². The summed E-state index contributed by atoms with van der Waals surface area (Å²) in [6.07, 6.45) is 2.19. The van der Waals surface area contributed by atoms with Gasteiger partial charge in [-0.3, -0.25) is 0 Å². The van der Waals surface area contributed by atoms with Crippen LogP contribution < -0.4 is 5.73 Å². The van der Waals surface area contributed by atoms with Gasteiger partial charge in [-0.15, -0.1) is 0 Å². The largest absolute Gasteiger partial charge is 0.389 e. The number of nitrogens with two attached hydrogens (primary N) is 1. The molecule has 1 aromatic rings. The Kier molecular flexibility index (Phi) is 5.46. The van der Waals surface area contributed by atoms with E-state index < -0.39 is 0 Å². The predicted octanol–water partition coefficient (Wildman–Crippen LogP) is 2.32.